The van der Waals surface area contributed by atoms with Gasteiger partial charge in [-0.1, -0.05) is 6.92 Å². The van der Waals surface area contributed by atoms with Gasteiger partial charge in [-0.05, 0) is 25.9 Å². The predicted octanol–water partition coefficient (Wildman–Crippen LogP) is 0.425. The van der Waals surface area contributed by atoms with Gasteiger partial charge in [0.15, 0.2) is 11.6 Å². The number of rotatable bonds is 7. The molecule has 9 heteroatoms. The second-order valence-electron chi connectivity index (χ2n) is 6.46. The molecule has 0 amide bonds. The lowest BCUT2D eigenvalue weighted by Gasteiger charge is -2.24. The topological polar surface area (TPSA) is 95.3 Å². The van der Waals surface area contributed by atoms with E-state index in [9.17, 15) is 0 Å². The lowest BCUT2D eigenvalue weighted by atomic mass is 10.2. The fourth-order valence-corrected chi connectivity index (χ4v) is 3.44. The maximum absolute atomic E-state index is 4.31. The number of hydrogen-bond donors (Lipinski definition) is 3. The Balaban J connectivity index is 1.43. The van der Waals surface area contributed by atoms with Gasteiger partial charge >= 0.3 is 0 Å². The van der Waals surface area contributed by atoms with Crippen LogP contribution in [0.3, 0.4) is 0 Å². The number of likely N-dealkylation sites (N-methyl/N-ethyl adjacent to an activating group) is 1. The van der Waals surface area contributed by atoms with Crippen molar-refractivity contribution < 1.29 is 0 Å². The molecule has 1 atom stereocenters. The molecule has 0 bridgehead atoms. The summed E-state index contributed by atoms with van der Waals surface area (Å²) >= 11 is 0. The van der Waals surface area contributed by atoms with E-state index in [0.717, 1.165) is 49.0 Å². The highest BCUT2D eigenvalue weighted by Gasteiger charge is 2.22. The summed E-state index contributed by atoms with van der Waals surface area (Å²) in [5.41, 5.74) is 0.824. The molecule has 3 heterocycles. The molecule has 0 radical (unpaired) electrons. The maximum atomic E-state index is 4.31. The molecule has 3 N–H and O–H groups in total. The number of likely N-dealkylation sites (tertiary alicyclic amines) is 1. The molecule has 1 fully saturated rings. The molecule has 9 nitrogen and oxygen atoms in total. The van der Waals surface area contributed by atoms with Crippen LogP contribution in [0.2, 0.25) is 0 Å². The van der Waals surface area contributed by atoms with E-state index in [0.29, 0.717) is 6.04 Å². The van der Waals surface area contributed by atoms with Gasteiger partial charge in [-0.3, -0.25) is 14.6 Å². The summed E-state index contributed by atoms with van der Waals surface area (Å²) in [5.74, 6) is 1.64. The number of nitrogens with one attached hydrogen (secondary N) is 3. The summed E-state index contributed by atoms with van der Waals surface area (Å²) in [6.45, 7) is 6.96. The van der Waals surface area contributed by atoms with E-state index in [1.807, 2.05) is 7.05 Å². The summed E-state index contributed by atoms with van der Waals surface area (Å²) in [5, 5.41) is 15.3. The van der Waals surface area contributed by atoms with Crippen LogP contribution in [0.15, 0.2) is 17.5 Å². The minimum Gasteiger partial charge on any atom is -0.368 e. The van der Waals surface area contributed by atoms with E-state index < -0.39 is 0 Å². The van der Waals surface area contributed by atoms with Crippen molar-refractivity contribution in [2.75, 3.05) is 45.1 Å². The third kappa shape index (κ3) is 4.21. The lowest BCUT2D eigenvalue weighted by Crippen LogP contribution is -2.45. The Kier molecular flexibility index (Phi) is 6.21. The molecule has 26 heavy (non-hydrogen) atoms. The Morgan fingerprint density at radius 2 is 2.19 bits per heavy atom. The molecule has 2 aromatic rings. The molecule has 2 aromatic heterocycles. The summed E-state index contributed by atoms with van der Waals surface area (Å²) in [6, 6.07) is 0.608. The van der Waals surface area contributed by atoms with Crippen molar-refractivity contribution >= 4 is 22.8 Å². The zero-order chi connectivity index (χ0) is 18.4. The first-order valence-corrected chi connectivity index (χ1v) is 9.28. The Morgan fingerprint density at radius 1 is 1.31 bits per heavy atom. The Hall–Kier alpha value is -2.42. The molecule has 1 saturated heterocycles. The fourth-order valence-electron chi connectivity index (χ4n) is 3.44. The van der Waals surface area contributed by atoms with Gasteiger partial charge in [0.1, 0.15) is 12.1 Å². The number of aliphatic imine (C=N–C) groups is 1. The molecule has 0 aromatic carbocycles. The highest BCUT2D eigenvalue weighted by atomic mass is 15.3. The average Bonchev–Trinajstić information content (AvgIpc) is 3.28. The first kappa shape index (κ1) is 18.4. The van der Waals surface area contributed by atoms with Gasteiger partial charge in [-0.2, -0.15) is 5.10 Å². The van der Waals surface area contributed by atoms with E-state index in [4.69, 9.17) is 0 Å². The molecule has 1 aliphatic heterocycles. The molecule has 0 aliphatic carbocycles. The summed E-state index contributed by atoms with van der Waals surface area (Å²) < 4.78 is 1.74. The van der Waals surface area contributed by atoms with Crippen LogP contribution in [-0.4, -0.2) is 76.4 Å². The first-order chi connectivity index (χ1) is 12.7. The van der Waals surface area contributed by atoms with Crippen molar-refractivity contribution in [2.45, 2.75) is 25.8 Å². The number of fused-ring (bicyclic) bond motifs is 1. The Bertz CT molecular complexity index is 739. The molecular formula is C17H29N9. The van der Waals surface area contributed by atoms with E-state index in [2.05, 4.69) is 47.8 Å². The molecule has 0 saturated carbocycles. The molecule has 1 unspecified atom stereocenters. The summed E-state index contributed by atoms with van der Waals surface area (Å²) in [6.07, 6.45) is 5.89. The number of guanidine groups is 1. The zero-order valence-corrected chi connectivity index (χ0v) is 15.9. The van der Waals surface area contributed by atoms with Crippen molar-refractivity contribution in [1.82, 2.24) is 35.3 Å². The summed E-state index contributed by atoms with van der Waals surface area (Å²) in [7, 11) is 3.68. The second-order valence-corrected chi connectivity index (χ2v) is 6.46. The van der Waals surface area contributed by atoms with Gasteiger partial charge in [0.25, 0.3) is 0 Å². The van der Waals surface area contributed by atoms with Crippen molar-refractivity contribution in [3.8, 4) is 0 Å². The van der Waals surface area contributed by atoms with Crippen LogP contribution in [0.5, 0.6) is 0 Å². The normalized spacial score (nSPS) is 18.4. The number of hydrogen-bond acceptors (Lipinski definition) is 6. The van der Waals surface area contributed by atoms with E-state index in [-0.39, 0.29) is 0 Å². The smallest absolute Gasteiger partial charge is 0.191 e. The number of anilines is 1. The zero-order valence-electron chi connectivity index (χ0n) is 15.9. The van der Waals surface area contributed by atoms with E-state index in [1.165, 1.54) is 19.4 Å². The van der Waals surface area contributed by atoms with E-state index in [1.54, 1.807) is 24.3 Å². The Labute approximate surface area is 154 Å². The van der Waals surface area contributed by atoms with E-state index >= 15 is 0 Å². The van der Waals surface area contributed by atoms with Crippen molar-refractivity contribution in [1.29, 1.82) is 0 Å². The number of aromatic nitrogens is 4. The standard InChI is InChI=1S/C17H29N9/c1-4-26-9-5-6-13(26)10-21-17(18-2)20-8-7-19-15-14-11-24-25(3)16(14)23-12-22-15/h11-13H,4-10H2,1-3H3,(H2,18,20,21)(H,19,22,23). The fraction of sp³-hybridized carbons (Fsp3) is 0.647. The number of nitrogens with zero attached hydrogens (tertiary/aromatic N) is 6. The predicted molar refractivity (Wildman–Crippen MR) is 104 cm³/mol. The molecule has 142 valence electrons. The third-order valence-corrected chi connectivity index (χ3v) is 4.87. The lowest BCUT2D eigenvalue weighted by molar-refractivity contribution is 0.267. The van der Waals surface area contributed by atoms with Gasteiger partial charge in [-0.25, -0.2) is 9.97 Å². The molecular weight excluding hydrogens is 330 g/mol. The van der Waals surface area contributed by atoms with Crippen molar-refractivity contribution in [3.05, 3.63) is 12.5 Å². The third-order valence-electron chi connectivity index (χ3n) is 4.87. The second kappa shape index (κ2) is 8.79. The van der Waals surface area contributed by atoms with Gasteiger partial charge < -0.3 is 16.0 Å². The quantitative estimate of drug-likeness (QED) is 0.375. The molecule has 1 aliphatic rings. The van der Waals surface area contributed by atoms with Gasteiger partial charge in [-0.15, -0.1) is 0 Å². The van der Waals surface area contributed by atoms with Gasteiger partial charge in [0, 0.05) is 39.8 Å². The van der Waals surface area contributed by atoms with Crippen LogP contribution >= 0.6 is 0 Å². The van der Waals surface area contributed by atoms with Gasteiger partial charge in [0.2, 0.25) is 0 Å². The molecule has 3 rings (SSSR count). The number of aryl methyl sites for hydroxylation is 1. The van der Waals surface area contributed by atoms with Crippen LogP contribution < -0.4 is 16.0 Å². The SMILES string of the molecule is CCN1CCCC1CNC(=NC)NCCNc1ncnc2c1cnn2C. The first-order valence-electron chi connectivity index (χ1n) is 9.28. The van der Waals surface area contributed by atoms with Crippen LogP contribution in [-0.2, 0) is 7.05 Å². The highest BCUT2D eigenvalue weighted by molar-refractivity contribution is 5.86. The average molecular weight is 359 g/mol. The van der Waals surface area contributed by atoms with Crippen molar-refractivity contribution in [2.24, 2.45) is 12.0 Å². The Morgan fingerprint density at radius 3 is 3.00 bits per heavy atom. The monoisotopic (exact) mass is 359 g/mol. The molecule has 0 spiro atoms. The van der Waals surface area contributed by atoms with Crippen LogP contribution in [0, 0.1) is 0 Å². The maximum Gasteiger partial charge on any atom is 0.191 e. The minimum absolute atomic E-state index is 0.608. The minimum atomic E-state index is 0.608. The largest absolute Gasteiger partial charge is 0.368 e. The highest BCUT2D eigenvalue weighted by Crippen LogP contribution is 2.17. The van der Waals surface area contributed by atoms with Gasteiger partial charge in [0.05, 0.1) is 11.6 Å². The van der Waals surface area contributed by atoms with Crippen LogP contribution in [0.1, 0.15) is 19.8 Å². The summed E-state index contributed by atoms with van der Waals surface area (Å²) in [4.78, 5) is 15.4. The van der Waals surface area contributed by atoms with Crippen LogP contribution in [0.25, 0.3) is 11.0 Å². The van der Waals surface area contributed by atoms with Crippen LogP contribution in [0.4, 0.5) is 5.82 Å². The van der Waals surface area contributed by atoms with Crippen molar-refractivity contribution in [3.63, 3.8) is 0 Å².